The number of rotatable bonds is 2. The predicted molar refractivity (Wildman–Crippen MR) is 47.3 cm³/mol. The second-order valence-electron chi connectivity index (χ2n) is 3.26. The van der Waals surface area contributed by atoms with Crippen LogP contribution in [0.4, 0.5) is 0 Å². The van der Waals surface area contributed by atoms with Crippen LogP contribution in [-0.2, 0) is 5.41 Å². The lowest BCUT2D eigenvalue weighted by Crippen LogP contribution is -2.05. The molecule has 1 aliphatic carbocycles. The van der Waals surface area contributed by atoms with Crippen LogP contribution in [0.1, 0.15) is 18.5 Å². The molecule has 1 saturated carbocycles. The lowest BCUT2D eigenvalue weighted by molar-refractivity contribution is 0.395. The second-order valence-corrected chi connectivity index (χ2v) is 3.26. The molecule has 0 saturated heterocycles. The van der Waals surface area contributed by atoms with Gasteiger partial charge in [0.2, 0.25) is 5.88 Å². The van der Waals surface area contributed by atoms with Gasteiger partial charge in [-0.2, -0.15) is 5.26 Å². The minimum atomic E-state index is -0.311. The zero-order chi connectivity index (χ0) is 9.31. The molecule has 1 aromatic rings. The summed E-state index contributed by atoms with van der Waals surface area (Å²) < 4.78 is 5.00. The third-order valence-electron chi connectivity index (χ3n) is 2.39. The summed E-state index contributed by atoms with van der Waals surface area (Å²) in [7, 11) is 1.58. The Kier molecular flexibility index (Phi) is 1.70. The standard InChI is InChI=1S/C10H10N2O/c1-13-9-4-2-3-8(12-9)10(7-11)5-6-10/h2-4H,5-6H2,1H3. The minimum absolute atomic E-state index is 0.311. The van der Waals surface area contributed by atoms with Gasteiger partial charge in [0.15, 0.2) is 0 Å². The van der Waals surface area contributed by atoms with Gasteiger partial charge in [-0.25, -0.2) is 4.98 Å². The van der Waals surface area contributed by atoms with Crippen molar-refractivity contribution < 1.29 is 4.74 Å². The van der Waals surface area contributed by atoms with E-state index in [1.165, 1.54) is 0 Å². The van der Waals surface area contributed by atoms with Gasteiger partial charge in [0.25, 0.3) is 0 Å². The lowest BCUT2D eigenvalue weighted by atomic mass is 10.0. The van der Waals surface area contributed by atoms with Gasteiger partial charge in [-0.15, -0.1) is 0 Å². The zero-order valence-electron chi connectivity index (χ0n) is 7.45. The highest BCUT2D eigenvalue weighted by Gasteiger charge is 2.46. The van der Waals surface area contributed by atoms with Crippen molar-refractivity contribution in [2.45, 2.75) is 18.3 Å². The molecular weight excluding hydrogens is 164 g/mol. The molecule has 0 amide bonds. The molecular formula is C10H10N2O. The quantitative estimate of drug-likeness (QED) is 0.684. The summed E-state index contributed by atoms with van der Waals surface area (Å²) in [6.45, 7) is 0. The number of pyridine rings is 1. The Morgan fingerprint density at radius 3 is 2.85 bits per heavy atom. The summed E-state index contributed by atoms with van der Waals surface area (Å²) in [5, 5.41) is 8.94. The van der Waals surface area contributed by atoms with Crippen LogP contribution < -0.4 is 4.74 Å². The van der Waals surface area contributed by atoms with Gasteiger partial charge in [0.05, 0.1) is 24.3 Å². The first-order valence-corrected chi connectivity index (χ1v) is 4.23. The topological polar surface area (TPSA) is 45.9 Å². The van der Waals surface area contributed by atoms with Crippen LogP contribution in [0.3, 0.4) is 0 Å². The van der Waals surface area contributed by atoms with Crippen LogP contribution in [0.25, 0.3) is 0 Å². The van der Waals surface area contributed by atoms with E-state index < -0.39 is 0 Å². The summed E-state index contributed by atoms with van der Waals surface area (Å²) in [5.74, 6) is 0.582. The van der Waals surface area contributed by atoms with Crippen LogP contribution in [0, 0.1) is 11.3 Å². The van der Waals surface area contributed by atoms with Crippen molar-refractivity contribution in [2.24, 2.45) is 0 Å². The van der Waals surface area contributed by atoms with Gasteiger partial charge in [-0.1, -0.05) is 6.07 Å². The highest BCUT2D eigenvalue weighted by molar-refractivity contribution is 5.35. The number of hydrogen-bond acceptors (Lipinski definition) is 3. The van der Waals surface area contributed by atoms with Crippen molar-refractivity contribution in [3.63, 3.8) is 0 Å². The molecule has 1 aliphatic rings. The lowest BCUT2D eigenvalue weighted by Gasteiger charge is -2.05. The molecule has 1 fully saturated rings. The minimum Gasteiger partial charge on any atom is -0.481 e. The molecule has 0 N–H and O–H groups in total. The molecule has 0 spiro atoms. The molecule has 13 heavy (non-hydrogen) atoms. The molecule has 0 bridgehead atoms. The molecule has 3 heteroatoms. The van der Waals surface area contributed by atoms with E-state index in [1.54, 1.807) is 13.2 Å². The maximum Gasteiger partial charge on any atom is 0.213 e. The fourth-order valence-electron chi connectivity index (χ4n) is 1.35. The third-order valence-corrected chi connectivity index (χ3v) is 2.39. The van der Waals surface area contributed by atoms with E-state index >= 15 is 0 Å². The zero-order valence-corrected chi connectivity index (χ0v) is 7.45. The first kappa shape index (κ1) is 8.06. The Morgan fingerprint density at radius 2 is 2.31 bits per heavy atom. The van der Waals surface area contributed by atoms with E-state index in [0.717, 1.165) is 18.5 Å². The normalized spacial score (nSPS) is 17.5. The predicted octanol–water partition coefficient (Wildman–Crippen LogP) is 1.65. The van der Waals surface area contributed by atoms with Crippen molar-refractivity contribution in [3.05, 3.63) is 23.9 Å². The molecule has 2 rings (SSSR count). The Labute approximate surface area is 77.0 Å². The fraction of sp³-hybridized carbons (Fsp3) is 0.400. The van der Waals surface area contributed by atoms with Gasteiger partial charge >= 0.3 is 0 Å². The average Bonchev–Trinajstić information content (AvgIpc) is 2.99. The monoisotopic (exact) mass is 174 g/mol. The van der Waals surface area contributed by atoms with Crippen molar-refractivity contribution in [1.29, 1.82) is 5.26 Å². The van der Waals surface area contributed by atoms with E-state index in [-0.39, 0.29) is 5.41 Å². The number of ether oxygens (including phenoxy) is 1. The molecule has 3 nitrogen and oxygen atoms in total. The Hall–Kier alpha value is -1.56. The van der Waals surface area contributed by atoms with Crippen molar-refractivity contribution in [1.82, 2.24) is 4.98 Å². The molecule has 0 atom stereocenters. The Balaban J connectivity index is 2.37. The van der Waals surface area contributed by atoms with E-state index in [9.17, 15) is 0 Å². The highest BCUT2D eigenvalue weighted by Crippen LogP contribution is 2.46. The van der Waals surface area contributed by atoms with Crippen LogP contribution in [0.2, 0.25) is 0 Å². The van der Waals surface area contributed by atoms with Crippen LogP contribution in [-0.4, -0.2) is 12.1 Å². The maximum absolute atomic E-state index is 8.94. The molecule has 1 heterocycles. The number of hydrogen-bond donors (Lipinski definition) is 0. The van der Waals surface area contributed by atoms with Crippen molar-refractivity contribution in [2.75, 3.05) is 7.11 Å². The number of aromatic nitrogens is 1. The van der Waals surface area contributed by atoms with Crippen molar-refractivity contribution >= 4 is 0 Å². The molecule has 0 aromatic carbocycles. The van der Waals surface area contributed by atoms with Crippen LogP contribution >= 0.6 is 0 Å². The molecule has 0 unspecified atom stereocenters. The summed E-state index contributed by atoms with van der Waals surface area (Å²) >= 11 is 0. The van der Waals surface area contributed by atoms with Crippen LogP contribution in [0.15, 0.2) is 18.2 Å². The van der Waals surface area contributed by atoms with Gasteiger partial charge in [-0.3, -0.25) is 0 Å². The van der Waals surface area contributed by atoms with Gasteiger partial charge in [-0.05, 0) is 18.9 Å². The Bertz CT molecular complexity index is 363. The van der Waals surface area contributed by atoms with Crippen LogP contribution in [0.5, 0.6) is 5.88 Å². The smallest absolute Gasteiger partial charge is 0.213 e. The highest BCUT2D eigenvalue weighted by atomic mass is 16.5. The molecule has 0 radical (unpaired) electrons. The van der Waals surface area contributed by atoms with E-state index in [0.29, 0.717) is 5.88 Å². The van der Waals surface area contributed by atoms with Crippen molar-refractivity contribution in [3.8, 4) is 11.9 Å². The molecule has 0 aliphatic heterocycles. The number of nitriles is 1. The number of nitrogens with zero attached hydrogens (tertiary/aromatic N) is 2. The SMILES string of the molecule is COc1cccc(C2(C#N)CC2)n1. The average molecular weight is 174 g/mol. The first-order valence-electron chi connectivity index (χ1n) is 4.23. The summed E-state index contributed by atoms with van der Waals surface area (Å²) in [6.07, 6.45) is 1.84. The summed E-state index contributed by atoms with van der Waals surface area (Å²) in [5.41, 5.74) is 0.531. The second kappa shape index (κ2) is 2.74. The third kappa shape index (κ3) is 1.25. The van der Waals surface area contributed by atoms with Gasteiger partial charge in [0, 0.05) is 6.07 Å². The van der Waals surface area contributed by atoms with E-state index in [2.05, 4.69) is 11.1 Å². The summed E-state index contributed by atoms with van der Waals surface area (Å²) in [4.78, 5) is 4.25. The largest absolute Gasteiger partial charge is 0.481 e. The number of methoxy groups -OCH3 is 1. The Morgan fingerprint density at radius 1 is 1.54 bits per heavy atom. The molecule has 66 valence electrons. The van der Waals surface area contributed by atoms with Gasteiger partial charge < -0.3 is 4.74 Å². The fourth-order valence-corrected chi connectivity index (χ4v) is 1.35. The van der Waals surface area contributed by atoms with E-state index in [1.807, 2.05) is 12.1 Å². The van der Waals surface area contributed by atoms with E-state index in [4.69, 9.17) is 10.00 Å². The first-order chi connectivity index (χ1) is 6.30. The maximum atomic E-state index is 8.94. The summed E-state index contributed by atoms with van der Waals surface area (Å²) in [6, 6.07) is 7.85. The molecule has 1 aromatic heterocycles. The van der Waals surface area contributed by atoms with Gasteiger partial charge in [0.1, 0.15) is 0 Å².